The van der Waals surface area contributed by atoms with E-state index in [0.717, 1.165) is 11.5 Å². The summed E-state index contributed by atoms with van der Waals surface area (Å²) in [6.45, 7) is 6.91. The van der Waals surface area contributed by atoms with Crippen molar-refractivity contribution in [2.45, 2.75) is 31.6 Å². The lowest BCUT2D eigenvalue weighted by molar-refractivity contribution is 0.221. The number of nitrogens with zero attached hydrogens (tertiary/aromatic N) is 2. The minimum absolute atomic E-state index is 0.0818. The lowest BCUT2D eigenvalue weighted by Crippen LogP contribution is -2.57. The van der Waals surface area contributed by atoms with E-state index in [2.05, 4.69) is 10.3 Å². The first-order valence-electron chi connectivity index (χ1n) is 8.67. The molecule has 0 aliphatic carbocycles. The second kappa shape index (κ2) is 8.16. The molecule has 7 nitrogen and oxygen atoms in total. The summed E-state index contributed by atoms with van der Waals surface area (Å²) in [7, 11) is 0.255. The topological polar surface area (TPSA) is 80.2 Å². The molecule has 0 radical (unpaired) electrons. The van der Waals surface area contributed by atoms with Crippen LogP contribution in [-0.4, -0.2) is 69.7 Å². The molecule has 1 N–H and O–H groups in total. The number of hydrogen-bond acceptors (Lipinski definition) is 5. The molecular formula is C18H29N3O4S. The van der Waals surface area contributed by atoms with E-state index in [4.69, 9.17) is 9.47 Å². The molecule has 0 amide bonds. The highest BCUT2D eigenvalue weighted by molar-refractivity contribution is 7.92. The fraction of sp³-hybridized carbons (Fsp3) is 0.611. The molecule has 1 saturated heterocycles. The summed E-state index contributed by atoms with van der Waals surface area (Å²) >= 11 is 0. The highest BCUT2D eigenvalue weighted by Gasteiger charge is 2.40. The van der Waals surface area contributed by atoms with Gasteiger partial charge in [0.1, 0.15) is 17.6 Å². The van der Waals surface area contributed by atoms with Crippen LogP contribution in [0.4, 0.5) is 0 Å². The molecule has 1 aliphatic rings. The van der Waals surface area contributed by atoms with Crippen molar-refractivity contribution in [3.05, 3.63) is 24.3 Å². The van der Waals surface area contributed by atoms with E-state index in [0.29, 0.717) is 25.6 Å². The first kappa shape index (κ1) is 20.4. The van der Waals surface area contributed by atoms with Gasteiger partial charge in [0, 0.05) is 20.1 Å². The summed E-state index contributed by atoms with van der Waals surface area (Å²) in [4.78, 5) is 6.28. The fourth-order valence-electron chi connectivity index (χ4n) is 2.82. The summed E-state index contributed by atoms with van der Waals surface area (Å²) in [6, 6.07) is 7.43. The third-order valence-corrected chi connectivity index (χ3v) is 7.03. The van der Waals surface area contributed by atoms with Crippen LogP contribution in [0.3, 0.4) is 0 Å². The number of rotatable bonds is 5. The number of aliphatic imine (C=N–C) groups is 1. The van der Waals surface area contributed by atoms with Gasteiger partial charge < -0.3 is 19.7 Å². The van der Waals surface area contributed by atoms with Gasteiger partial charge in [-0.1, -0.05) is 0 Å². The Labute approximate surface area is 156 Å². The van der Waals surface area contributed by atoms with Gasteiger partial charge >= 0.3 is 0 Å². The smallest absolute Gasteiger partial charge is 0.193 e. The third kappa shape index (κ3) is 4.81. The van der Waals surface area contributed by atoms with Crippen molar-refractivity contribution in [1.82, 2.24) is 10.2 Å². The van der Waals surface area contributed by atoms with E-state index in [1.807, 2.05) is 36.1 Å². The minimum Gasteiger partial charge on any atom is -0.497 e. The summed E-state index contributed by atoms with van der Waals surface area (Å²) in [5.41, 5.74) is 0. The number of methoxy groups -OCH3 is 1. The van der Waals surface area contributed by atoms with E-state index in [1.54, 1.807) is 28.0 Å². The number of ether oxygens (including phenoxy) is 2. The summed E-state index contributed by atoms with van der Waals surface area (Å²) < 4.78 is 34.6. The van der Waals surface area contributed by atoms with E-state index in [-0.39, 0.29) is 11.9 Å². The fourth-order valence-corrected chi connectivity index (χ4v) is 4.19. The molecule has 8 heteroatoms. The molecule has 1 fully saturated rings. The zero-order chi connectivity index (χ0) is 19.4. The molecular weight excluding hydrogens is 354 g/mol. The maximum Gasteiger partial charge on any atom is 0.193 e. The van der Waals surface area contributed by atoms with Gasteiger partial charge in [0.25, 0.3) is 0 Å². The minimum atomic E-state index is -3.07. The standard InChI is InChI=1S/C18H29N3O4S/c1-14(25-16-8-6-15(24-5)7-9-16)12-20-17(19-4)21-10-11-26(22,23)18(2,3)13-21/h6-9,14H,10-13H2,1-5H3,(H,19,20). The molecule has 1 atom stereocenters. The first-order valence-corrected chi connectivity index (χ1v) is 10.3. The van der Waals surface area contributed by atoms with Crippen molar-refractivity contribution in [1.29, 1.82) is 0 Å². The Bertz CT molecular complexity index is 729. The lowest BCUT2D eigenvalue weighted by Gasteiger charge is -2.39. The molecule has 0 saturated carbocycles. The average Bonchev–Trinajstić information content (AvgIpc) is 2.59. The van der Waals surface area contributed by atoms with E-state index < -0.39 is 14.6 Å². The van der Waals surface area contributed by atoms with E-state index >= 15 is 0 Å². The number of hydrogen-bond donors (Lipinski definition) is 1. The summed E-state index contributed by atoms with van der Waals surface area (Å²) in [5, 5.41) is 3.28. The first-order chi connectivity index (χ1) is 12.2. The van der Waals surface area contributed by atoms with Crippen molar-refractivity contribution in [3.8, 4) is 11.5 Å². The average molecular weight is 384 g/mol. The highest BCUT2D eigenvalue weighted by atomic mass is 32.2. The Morgan fingerprint density at radius 2 is 1.92 bits per heavy atom. The van der Waals surface area contributed by atoms with Crippen LogP contribution in [0, 0.1) is 0 Å². The Morgan fingerprint density at radius 3 is 2.46 bits per heavy atom. The predicted molar refractivity (Wildman–Crippen MR) is 104 cm³/mol. The molecule has 1 aliphatic heterocycles. The van der Waals surface area contributed by atoms with Gasteiger partial charge in [0.15, 0.2) is 15.8 Å². The lowest BCUT2D eigenvalue weighted by atomic mass is 10.2. The van der Waals surface area contributed by atoms with Gasteiger partial charge in [0.2, 0.25) is 0 Å². The summed E-state index contributed by atoms with van der Waals surface area (Å²) in [6.07, 6.45) is -0.0818. The van der Waals surface area contributed by atoms with Crippen LogP contribution in [0.2, 0.25) is 0 Å². The predicted octanol–water partition coefficient (Wildman–Crippen LogP) is 1.55. The van der Waals surface area contributed by atoms with Crippen LogP contribution in [0.1, 0.15) is 20.8 Å². The van der Waals surface area contributed by atoms with Crippen LogP contribution in [0.15, 0.2) is 29.3 Å². The number of benzene rings is 1. The largest absolute Gasteiger partial charge is 0.497 e. The molecule has 26 heavy (non-hydrogen) atoms. The number of guanidine groups is 1. The zero-order valence-corrected chi connectivity index (χ0v) is 17.0. The number of sulfone groups is 1. The monoisotopic (exact) mass is 383 g/mol. The normalized spacial score (nSPS) is 20.3. The Kier molecular flexibility index (Phi) is 6.39. The van der Waals surface area contributed by atoms with Crippen LogP contribution in [0.25, 0.3) is 0 Å². The molecule has 1 unspecified atom stereocenters. The van der Waals surface area contributed by atoms with Crippen molar-refractivity contribution < 1.29 is 17.9 Å². The van der Waals surface area contributed by atoms with Gasteiger partial charge in [-0.15, -0.1) is 0 Å². The van der Waals surface area contributed by atoms with E-state index in [9.17, 15) is 8.42 Å². The van der Waals surface area contributed by atoms with Crippen molar-refractivity contribution in [2.24, 2.45) is 4.99 Å². The zero-order valence-electron chi connectivity index (χ0n) is 16.2. The van der Waals surface area contributed by atoms with Gasteiger partial charge in [0.05, 0.1) is 24.2 Å². The third-order valence-electron chi connectivity index (χ3n) is 4.50. The SMILES string of the molecule is CN=C(NCC(C)Oc1ccc(OC)cc1)N1CCS(=O)(=O)C(C)(C)C1. The second-order valence-electron chi connectivity index (χ2n) is 7.03. The molecule has 146 valence electrons. The molecule has 0 spiro atoms. The maximum atomic E-state index is 12.2. The van der Waals surface area contributed by atoms with Crippen LogP contribution < -0.4 is 14.8 Å². The van der Waals surface area contributed by atoms with Crippen LogP contribution >= 0.6 is 0 Å². The molecule has 0 bridgehead atoms. The molecule has 0 aromatic heterocycles. The highest BCUT2D eigenvalue weighted by Crippen LogP contribution is 2.23. The van der Waals surface area contributed by atoms with Crippen molar-refractivity contribution in [3.63, 3.8) is 0 Å². The maximum absolute atomic E-state index is 12.2. The molecule has 2 rings (SSSR count). The van der Waals surface area contributed by atoms with Gasteiger partial charge in [-0.05, 0) is 45.0 Å². The Hall–Kier alpha value is -1.96. The summed E-state index contributed by atoms with van der Waals surface area (Å²) in [5.74, 6) is 2.38. The van der Waals surface area contributed by atoms with Crippen LogP contribution in [0.5, 0.6) is 11.5 Å². The molecule has 1 heterocycles. The van der Waals surface area contributed by atoms with Crippen LogP contribution in [-0.2, 0) is 9.84 Å². The van der Waals surface area contributed by atoms with E-state index in [1.165, 1.54) is 0 Å². The number of nitrogens with one attached hydrogen (secondary N) is 1. The van der Waals surface area contributed by atoms with Crippen molar-refractivity contribution in [2.75, 3.05) is 39.5 Å². The Morgan fingerprint density at radius 1 is 1.31 bits per heavy atom. The van der Waals surface area contributed by atoms with Gasteiger partial charge in [-0.3, -0.25) is 4.99 Å². The van der Waals surface area contributed by atoms with Gasteiger partial charge in [-0.2, -0.15) is 0 Å². The Balaban J connectivity index is 1.90. The van der Waals surface area contributed by atoms with Gasteiger partial charge in [-0.25, -0.2) is 8.42 Å². The quantitative estimate of drug-likeness (QED) is 0.614. The van der Waals surface area contributed by atoms with Crippen molar-refractivity contribution >= 4 is 15.8 Å². The molecule has 1 aromatic carbocycles. The molecule has 1 aromatic rings. The second-order valence-corrected chi connectivity index (χ2v) is 9.78.